The number of aromatic amines is 1. The first kappa shape index (κ1) is 21.6. The number of nitrogens with one attached hydrogen (secondary N) is 2. The lowest BCUT2D eigenvalue weighted by Gasteiger charge is -2.22. The van der Waals surface area contributed by atoms with Gasteiger partial charge in [0.05, 0.1) is 12.3 Å². The number of rotatable bonds is 6. The first-order valence-electron chi connectivity index (χ1n) is 9.68. The molecule has 0 aliphatic rings. The van der Waals surface area contributed by atoms with Crippen molar-refractivity contribution in [1.82, 2.24) is 4.98 Å². The predicted octanol–water partition coefficient (Wildman–Crippen LogP) is 3.41. The van der Waals surface area contributed by atoms with Gasteiger partial charge in [0.15, 0.2) is 6.23 Å². The van der Waals surface area contributed by atoms with Crippen LogP contribution in [0.1, 0.15) is 43.7 Å². The van der Waals surface area contributed by atoms with E-state index >= 15 is 0 Å². The standard InChI is InChI=1S/C23H28N4O3/c1-23(2,3)16-9-7-14(8-10-16)21(28)27-20-6-4-5-17(18(20)13-30-25)15-11-19(24)22(29)26-12-15/h4-12,21,27-28H,13,24-25H2,1-3H3,(H,26,29). The molecule has 7 nitrogen and oxygen atoms in total. The predicted molar refractivity (Wildman–Crippen MR) is 120 cm³/mol. The van der Waals surface area contributed by atoms with Crippen molar-refractivity contribution in [3.8, 4) is 11.1 Å². The highest BCUT2D eigenvalue weighted by atomic mass is 16.6. The first-order chi connectivity index (χ1) is 14.2. The van der Waals surface area contributed by atoms with Gasteiger partial charge in [0.25, 0.3) is 5.56 Å². The summed E-state index contributed by atoms with van der Waals surface area (Å²) in [5, 5.41) is 13.9. The Morgan fingerprint density at radius 2 is 1.87 bits per heavy atom. The summed E-state index contributed by atoms with van der Waals surface area (Å²) in [4.78, 5) is 19.1. The van der Waals surface area contributed by atoms with Crippen LogP contribution in [0, 0.1) is 0 Å². The molecule has 3 rings (SSSR count). The molecule has 1 atom stereocenters. The number of hydrogen-bond acceptors (Lipinski definition) is 6. The topological polar surface area (TPSA) is 126 Å². The normalized spacial score (nSPS) is 12.6. The van der Waals surface area contributed by atoms with Crippen molar-refractivity contribution >= 4 is 11.4 Å². The molecule has 3 aromatic rings. The van der Waals surface area contributed by atoms with Crippen molar-refractivity contribution in [3.63, 3.8) is 0 Å². The van der Waals surface area contributed by atoms with Gasteiger partial charge in [-0.25, -0.2) is 5.90 Å². The van der Waals surface area contributed by atoms with Crippen molar-refractivity contribution in [3.05, 3.63) is 81.8 Å². The van der Waals surface area contributed by atoms with Crippen LogP contribution in [0.15, 0.2) is 59.5 Å². The van der Waals surface area contributed by atoms with Crippen molar-refractivity contribution in [2.75, 3.05) is 11.1 Å². The molecule has 2 aromatic carbocycles. The highest BCUT2D eigenvalue weighted by Gasteiger charge is 2.17. The average molecular weight is 409 g/mol. The molecule has 0 spiro atoms. The Bertz CT molecular complexity index is 1070. The van der Waals surface area contributed by atoms with E-state index < -0.39 is 6.23 Å². The highest BCUT2D eigenvalue weighted by Crippen LogP contribution is 2.32. The maximum atomic E-state index is 11.6. The summed E-state index contributed by atoms with van der Waals surface area (Å²) >= 11 is 0. The minimum Gasteiger partial charge on any atom is -0.394 e. The maximum absolute atomic E-state index is 11.6. The Labute approximate surface area is 175 Å². The van der Waals surface area contributed by atoms with Gasteiger partial charge < -0.3 is 21.1 Å². The fourth-order valence-corrected chi connectivity index (χ4v) is 3.28. The summed E-state index contributed by atoms with van der Waals surface area (Å²) in [7, 11) is 0. The summed E-state index contributed by atoms with van der Waals surface area (Å²) in [5.74, 6) is 5.36. The molecule has 0 saturated heterocycles. The minimum atomic E-state index is -0.925. The lowest BCUT2D eigenvalue weighted by molar-refractivity contribution is 0.124. The van der Waals surface area contributed by atoms with Gasteiger partial charge in [-0.15, -0.1) is 0 Å². The smallest absolute Gasteiger partial charge is 0.271 e. The molecule has 0 radical (unpaired) electrons. The second kappa shape index (κ2) is 8.71. The van der Waals surface area contributed by atoms with Crippen LogP contribution < -0.4 is 22.5 Å². The van der Waals surface area contributed by atoms with E-state index in [0.29, 0.717) is 11.3 Å². The Kier molecular flexibility index (Phi) is 6.26. The first-order valence-corrected chi connectivity index (χ1v) is 9.68. The summed E-state index contributed by atoms with van der Waals surface area (Å²) < 4.78 is 0. The Balaban J connectivity index is 1.93. The number of benzene rings is 2. The van der Waals surface area contributed by atoms with Gasteiger partial charge in [0.1, 0.15) is 0 Å². The van der Waals surface area contributed by atoms with Gasteiger partial charge >= 0.3 is 0 Å². The molecule has 0 aliphatic heterocycles. The van der Waals surface area contributed by atoms with Gasteiger partial charge in [-0.05, 0) is 28.7 Å². The molecule has 7 heteroatoms. The van der Waals surface area contributed by atoms with E-state index in [1.165, 1.54) is 5.56 Å². The van der Waals surface area contributed by atoms with Crippen LogP contribution in [0.25, 0.3) is 11.1 Å². The third kappa shape index (κ3) is 4.71. The van der Waals surface area contributed by atoms with Crippen LogP contribution in [-0.4, -0.2) is 10.1 Å². The van der Waals surface area contributed by atoms with Gasteiger partial charge in [-0.1, -0.05) is 57.2 Å². The number of aliphatic hydroxyl groups is 1. The fraction of sp³-hybridized carbons (Fsp3) is 0.261. The van der Waals surface area contributed by atoms with Gasteiger partial charge in [-0.3, -0.25) is 9.63 Å². The summed E-state index contributed by atoms with van der Waals surface area (Å²) in [6, 6.07) is 15.0. The van der Waals surface area contributed by atoms with E-state index in [-0.39, 0.29) is 23.3 Å². The third-order valence-corrected chi connectivity index (χ3v) is 5.03. The number of H-pyrrole nitrogens is 1. The lowest BCUT2D eigenvalue weighted by Crippen LogP contribution is -2.15. The number of aromatic nitrogens is 1. The van der Waals surface area contributed by atoms with Crippen LogP contribution in [0.5, 0.6) is 0 Å². The molecular formula is C23H28N4O3. The number of pyridine rings is 1. The van der Waals surface area contributed by atoms with Crippen LogP contribution in [-0.2, 0) is 16.9 Å². The van der Waals surface area contributed by atoms with Crippen LogP contribution >= 0.6 is 0 Å². The second-order valence-electron chi connectivity index (χ2n) is 8.23. The molecule has 7 N–H and O–H groups in total. The van der Waals surface area contributed by atoms with E-state index in [4.69, 9.17) is 16.5 Å². The quantitative estimate of drug-likeness (QED) is 0.314. The molecular weight excluding hydrogens is 380 g/mol. The Morgan fingerprint density at radius 1 is 1.17 bits per heavy atom. The van der Waals surface area contributed by atoms with E-state index in [9.17, 15) is 9.90 Å². The monoisotopic (exact) mass is 408 g/mol. The van der Waals surface area contributed by atoms with Crippen molar-refractivity contribution in [1.29, 1.82) is 0 Å². The molecule has 0 aliphatic carbocycles. The summed E-state index contributed by atoms with van der Waals surface area (Å²) in [6.45, 7) is 6.54. The molecule has 1 unspecified atom stereocenters. The zero-order valence-electron chi connectivity index (χ0n) is 17.4. The van der Waals surface area contributed by atoms with Crippen molar-refractivity contribution in [2.24, 2.45) is 5.90 Å². The summed E-state index contributed by atoms with van der Waals surface area (Å²) in [6.07, 6.45) is 0.658. The zero-order valence-corrected chi connectivity index (χ0v) is 17.4. The molecule has 1 aromatic heterocycles. The number of aliphatic hydroxyl groups excluding tert-OH is 1. The van der Waals surface area contributed by atoms with E-state index in [0.717, 1.165) is 16.7 Å². The average Bonchev–Trinajstić information content (AvgIpc) is 2.71. The lowest BCUT2D eigenvalue weighted by atomic mass is 9.86. The summed E-state index contributed by atoms with van der Waals surface area (Å²) in [5.41, 5.74) is 10.4. The van der Waals surface area contributed by atoms with Crippen molar-refractivity contribution < 1.29 is 9.94 Å². The second-order valence-corrected chi connectivity index (χ2v) is 8.23. The van der Waals surface area contributed by atoms with Crippen LogP contribution in [0.2, 0.25) is 0 Å². The Morgan fingerprint density at radius 3 is 2.47 bits per heavy atom. The number of hydrogen-bond donors (Lipinski definition) is 5. The highest BCUT2D eigenvalue weighted by molar-refractivity contribution is 5.75. The molecule has 0 fully saturated rings. The number of nitrogens with two attached hydrogens (primary N) is 2. The van der Waals surface area contributed by atoms with Crippen LogP contribution in [0.3, 0.4) is 0 Å². The van der Waals surface area contributed by atoms with E-state index in [2.05, 4.69) is 31.1 Å². The Hall–Kier alpha value is -3.13. The number of nitrogen functional groups attached to an aromatic ring is 1. The molecule has 30 heavy (non-hydrogen) atoms. The van der Waals surface area contributed by atoms with Crippen LogP contribution in [0.4, 0.5) is 11.4 Å². The number of anilines is 2. The SMILES string of the molecule is CC(C)(C)c1ccc(C(O)Nc2cccc(-c3c[nH]c(=O)c(N)c3)c2CON)cc1. The van der Waals surface area contributed by atoms with Gasteiger partial charge in [0.2, 0.25) is 0 Å². The largest absolute Gasteiger partial charge is 0.394 e. The molecule has 1 heterocycles. The molecule has 0 amide bonds. The molecule has 0 saturated carbocycles. The van der Waals surface area contributed by atoms with Crippen molar-refractivity contribution in [2.45, 2.75) is 39.0 Å². The molecule has 158 valence electrons. The van der Waals surface area contributed by atoms with Gasteiger partial charge in [-0.2, -0.15) is 0 Å². The fourth-order valence-electron chi connectivity index (χ4n) is 3.28. The molecule has 0 bridgehead atoms. The third-order valence-electron chi connectivity index (χ3n) is 5.03. The van der Waals surface area contributed by atoms with Gasteiger partial charge in [0, 0.05) is 28.6 Å². The minimum absolute atomic E-state index is 0.0371. The zero-order chi connectivity index (χ0) is 21.9. The van der Waals surface area contributed by atoms with E-state index in [1.54, 1.807) is 12.3 Å². The maximum Gasteiger partial charge on any atom is 0.271 e. The van der Waals surface area contributed by atoms with E-state index in [1.807, 2.05) is 42.5 Å².